The van der Waals surface area contributed by atoms with Gasteiger partial charge in [-0.2, -0.15) is 11.8 Å². The summed E-state index contributed by atoms with van der Waals surface area (Å²) in [7, 11) is 0. The van der Waals surface area contributed by atoms with E-state index in [1.54, 1.807) is 6.07 Å². The van der Waals surface area contributed by atoms with Crippen molar-refractivity contribution in [2.24, 2.45) is 0 Å². The Hall–Kier alpha value is -1.09. The van der Waals surface area contributed by atoms with Gasteiger partial charge in [0.15, 0.2) is 0 Å². The highest BCUT2D eigenvalue weighted by Gasteiger charge is 2.04. The number of nitrogens with one attached hydrogen (secondary N) is 1. The van der Waals surface area contributed by atoms with E-state index in [2.05, 4.69) is 24.9 Å². The Morgan fingerprint density at radius 2 is 2.20 bits per heavy atom. The summed E-state index contributed by atoms with van der Waals surface area (Å²) in [4.78, 5) is 3.25. The van der Waals surface area contributed by atoms with E-state index in [1.807, 2.05) is 23.9 Å². The van der Waals surface area contributed by atoms with Gasteiger partial charge in [-0.25, -0.2) is 0 Å². The second-order valence-corrected chi connectivity index (χ2v) is 5.46. The normalized spacial score (nSPS) is 11.4. The quantitative estimate of drug-likeness (QED) is 0.832. The Bertz CT molecular complexity index is 462. The van der Waals surface area contributed by atoms with Crippen LogP contribution in [-0.2, 0) is 5.75 Å². The zero-order valence-electron chi connectivity index (χ0n) is 8.95. The van der Waals surface area contributed by atoms with Gasteiger partial charge in [-0.05, 0) is 17.4 Å². The molecule has 0 radical (unpaired) electrons. The van der Waals surface area contributed by atoms with E-state index in [9.17, 15) is 5.11 Å². The summed E-state index contributed by atoms with van der Waals surface area (Å²) in [6.45, 7) is 4.37. The molecule has 1 heterocycles. The summed E-state index contributed by atoms with van der Waals surface area (Å²) < 4.78 is 0. The number of fused-ring (bicyclic) bond motifs is 1. The molecule has 0 aliphatic rings. The van der Waals surface area contributed by atoms with Gasteiger partial charge < -0.3 is 10.1 Å². The number of hydrogen-bond donors (Lipinski definition) is 2. The molecule has 0 bridgehead atoms. The van der Waals surface area contributed by atoms with Crippen molar-refractivity contribution in [3.05, 3.63) is 30.0 Å². The molecule has 0 aliphatic heterocycles. The summed E-state index contributed by atoms with van der Waals surface area (Å²) in [5, 5.41) is 11.3. The highest BCUT2D eigenvalue weighted by Crippen LogP contribution is 2.26. The summed E-state index contributed by atoms with van der Waals surface area (Å²) in [5.74, 6) is 1.29. The number of aromatic hydroxyl groups is 1. The molecule has 0 fully saturated rings. The van der Waals surface area contributed by atoms with Crippen LogP contribution in [0.5, 0.6) is 5.75 Å². The van der Waals surface area contributed by atoms with Gasteiger partial charge in [-0.15, -0.1) is 0 Å². The molecule has 2 rings (SSSR count). The molecule has 0 aliphatic carbocycles. The molecule has 0 amide bonds. The third kappa shape index (κ3) is 2.29. The number of rotatable bonds is 3. The highest BCUT2D eigenvalue weighted by atomic mass is 32.2. The Morgan fingerprint density at radius 1 is 1.40 bits per heavy atom. The molecule has 15 heavy (non-hydrogen) atoms. The number of thioether (sulfide) groups is 1. The Labute approximate surface area is 93.7 Å². The van der Waals surface area contributed by atoms with E-state index in [-0.39, 0.29) is 0 Å². The number of benzene rings is 1. The molecular weight excluding hydrogens is 206 g/mol. The second-order valence-electron chi connectivity index (χ2n) is 3.90. The van der Waals surface area contributed by atoms with Crippen molar-refractivity contribution in [2.45, 2.75) is 24.9 Å². The average Bonchev–Trinajstić information content (AvgIpc) is 2.59. The molecule has 3 heteroatoms. The Morgan fingerprint density at radius 3 is 2.87 bits per heavy atom. The first-order valence-electron chi connectivity index (χ1n) is 5.08. The Balaban J connectivity index is 2.27. The van der Waals surface area contributed by atoms with Crippen LogP contribution in [0.3, 0.4) is 0 Å². The zero-order valence-corrected chi connectivity index (χ0v) is 9.77. The maximum Gasteiger partial charge on any atom is 0.139 e. The lowest BCUT2D eigenvalue weighted by Crippen LogP contribution is -1.88. The van der Waals surface area contributed by atoms with Gasteiger partial charge in [-0.3, -0.25) is 0 Å². The molecule has 2 N–H and O–H groups in total. The topological polar surface area (TPSA) is 36.0 Å². The monoisotopic (exact) mass is 221 g/mol. The first-order valence-corrected chi connectivity index (χ1v) is 6.13. The van der Waals surface area contributed by atoms with Crippen molar-refractivity contribution in [3.63, 3.8) is 0 Å². The molecule has 0 saturated heterocycles. The van der Waals surface area contributed by atoms with Gasteiger partial charge in [0.25, 0.3) is 0 Å². The average molecular weight is 221 g/mol. The minimum atomic E-state index is 0.327. The SMILES string of the molecule is CC(C)SCc1cc2cccc(O)c2[nH]1. The van der Waals surface area contributed by atoms with E-state index in [1.165, 1.54) is 5.69 Å². The van der Waals surface area contributed by atoms with Crippen molar-refractivity contribution in [3.8, 4) is 5.75 Å². The number of aromatic nitrogens is 1. The summed E-state index contributed by atoms with van der Waals surface area (Å²) in [5.41, 5.74) is 2.02. The smallest absolute Gasteiger partial charge is 0.139 e. The lowest BCUT2D eigenvalue weighted by atomic mass is 10.2. The van der Waals surface area contributed by atoms with Crippen LogP contribution in [0.4, 0.5) is 0 Å². The Kier molecular flexibility index (Phi) is 2.91. The highest BCUT2D eigenvalue weighted by molar-refractivity contribution is 7.99. The molecule has 0 spiro atoms. The van der Waals surface area contributed by atoms with E-state index in [0.717, 1.165) is 16.7 Å². The zero-order chi connectivity index (χ0) is 10.8. The lowest BCUT2D eigenvalue weighted by Gasteiger charge is -2.01. The fourth-order valence-electron chi connectivity index (χ4n) is 1.53. The molecular formula is C12H15NOS. The minimum absolute atomic E-state index is 0.327. The van der Waals surface area contributed by atoms with E-state index in [4.69, 9.17) is 0 Å². The fourth-order valence-corrected chi connectivity index (χ4v) is 2.20. The number of para-hydroxylation sites is 1. The largest absolute Gasteiger partial charge is 0.506 e. The van der Waals surface area contributed by atoms with Gasteiger partial charge in [0, 0.05) is 16.8 Å². The van der Waals surface area contributed by atoms with Crippen molar-refractivity contribution < 1.29 is 5.11 Å². The molecule has 2 nitrogen and oxygen atoms in total. The summed E-state index contributed by atoms with van der Waals surface area (Å²) in [6, 6.07) is 7.68. The fraction of sp³-hybridized carbons (Fsp3) is 0.333. The van der Waals surface area contributed by atoms with Crippen LogP contribution in [0, 0.1) is 0 Å². The van der Waals surface area contributed by atoms with Crippen molar-refractivity contribution >= 4 is 22.7 Å². The van der Waals surface area contributed by atoms with Crippen LogP contribution < -0.4 is 0 Å². The van der Waals surface area contributed by atoms with Gasteiger partial charge in [0.2, 0.25) is 0 Å². The number of aromatic amines is 1. The number of phenolic OH excluding ortho intramolecular Hbond substituents is 1. The van der Waals surface area contributed by atoms with Crippen LogP contribution in [0.2, 0.25) is 0 Å². The third-order valence-corrected chi connectivity index (χ3v) is 3.41. The van der Waals surface area contributed by atoms with Crippen molar-refractivity contribution in [1.82, 2.24) is 4.98 Å². The molecule has 1 aromatic carbocycles. The van der Waals surface area contributed by atoms with E-state index >= 15 is 0 Å². The van der Waals surface area contributed by atoms with Crippen molar-refractivity contribution in [1.29, 1.82) is 0 Å². The number of phenols is 1. The maximum absolute atomic E-state index is 9.62. The third-order valence-electron chi connectivity index (χ3n) is 2.26. The second kappa shape index (κ2) is 4.19. The van der Waals surface area contributed by atoms with Gasteiger partial charge in [0.1, 0.15) is 5.75 Å². The standard InChI is InChI=1S/C12H15NOS/c1-8(2)15-7-10-6-9-4-3-5-11(14)12(9)13-10/h3-6,8,13-14H,7H2,1-2H3. The summed E-state index contributed by atoms with van der Waals surface area (Å²) in [6.07, 6.45) is 0. The molecule has 1 aromatic heterocycles. The summed E-state index contributed by atoms with van der Waals surface area (Å²) >= 11 is 1.89. The van der Waals surface area contributed by atoms with Crippen LogP contribution in [0.1, 0.15) is 19.5 Å². The molecule has 2 aromatic rings. The molecule has 0 unspecified atom stereocenters. The van der Waals surface area contributed by atoms with E-state index < -0.39 is 0 Å². The number of hydrogen-bond acceptors (Lipinski definition) is 2. The molecule has 0 saturated carbocycles. The first-order chi connectivity index (χ1) is 7.16. The maximum atomic E-state index is 9.62. The number of H-pyrrole nitrogens is 1. The van der Waals surface area contributed by atoms with Crippen LogP contribution >= 0.6 is 11.8 Å². The van der Waals surface area contributed by atoms with Crippen LogP contribution in [0.15, 0.2) is 24.3 Å². The first kappa shape index (κ1) is 10.4. The lowest BCUT2D eigenvalue weighted by molar-refractivity contribution is 0.480. The van der Waals surface area contributed by atoms with Gasteiger partial charge >= 0.3 is 0 Å². The minimum Gasteiger partial charge on any atom is -0.506 e. The van der Waals surface area contributed by atoms with Crippen LogP contribution in [0.25, 0.3) is 10.9 Å². The predicted octanol–water partition coefficient (Wildman–Crippen LogP) is 3.52. The molecule has 80 valence electrons. The molecule has 0 atom stereocenters. The van der Waals surface area contributed by atoms with Gasteiger partial charge in [-0.1, -0.05) is 26.0 Å². The van der Waals surface area contributed by atoms with Gasteiger partial charge in [0.05, 0.1) is 5.52 Å². The van der Waals surface area contributed by atoms with E-state index in [0.29, 0.717) is 11.0 Å². The van der Waals surface area contributed by atoms with Crippen molar-refractivity contribution in [2.75, 3.05) is 0 Å². The predicted molar refractivity (Wildman–Crippen MR) is 66.4 cm³/mol. The van der Waals surface area contributed by atoms with Crippen LogP contribution in [-0.4, -0.2) is 15.3 Å².